The fourth-order valence-corrected chi connectivity index (χ4v) is 3.47. The van der Waals surface area contributed by atoms with Crippen molar-refractivity contribution in [1.29, 1.82) is 0 Å². The van der Waals surface area contributed by atoms with Gasteiger partial charge in [0.1, 0.15) is 0 Å². The number of benzene rings is 1. The smallest absolute Gasteiger partial charge is 0.165 e. The van der Waals surface area contributed by atoms with Crippen molar-refractivity contribution >= 4 is 5.78 Å². The standard InChI is InChI=1S/C18H26O/c1-4-5-15-6-8-16(9-7-15)18(19)17-11-13(2)10-14(3)12-17/h10-12,15-16H,4-9H2,1-3H3. The first-order valence-electron chi connectivity index (χ1n) is 7.72. The molecule has 1 saturated carbocycles. The summed E-state index contributed by atoms with van der Waals surface area (Å²) in [7, 11) is 0. The van der Waals surface area contributed by atoms with Gasteiger partial charge < -0.3 is 0 Å². The number of carbonyl (C=O) groups is 1. The monoisotopic (exact) mass is 258 g/mol. The van der Waals surface area contributed by atoms with Crippen molar-refractivity contribution in [2.45, 2.75) is 59.3 Å². The third-order valence-electron chi connectivity index (χ3n) is 4.42. The molecule has 0 aliphatic heterocycles. The summed E-state index contributed by atoms with van der Waals surface area (Å²) >= 11 is 0. The maximum absolute atomic E-state index is 12.6. The molecule has 19 heavy (non-hydrogen) atoms. The number of hydrogen-bond donors (Lipinski definition) is 0. The van der Waals surface area contributed by atoms with Crippen LogP contribution in [0.5, 0.6) is 0 Å². The topological polar surface area (TPSA) is 17.1 Å². The van der Waals surface area contributed by atoms with E-state index in [1.165, 1.54) is 36.8 Å². The molecule has 0 amide bonds. The molecule has 0 saturated heterocycles. The molecule has 1 aliphatic carbocycles. The highest BCUT2D eigenvalue weighted by Crippen LogP contribution is 2.33. The number of aryl methyl sites for hydroxylation is 2. The Bertz CT molecular complexity index is 419. The van der Waals surface area contributed by atoms with Crippen molar-refractivity contribution in [3.8, 4) is 0 Å². The van der Waals surface area contributed by atoms with Crippen LogP contribution in [0.15, 0.2) is 18.2 Å². The number of ketones is 1. The summed E-state index contributed by atoms with van der Waals surface area (Å²) in [5, 5.41) is 0. The maximum Gasteiger partial charge on any atom is 0.165 e. The van der Waals surface area contributed by atoms with Crippen molar-refractivity contribution in [3.63, 3.8) is 0 Å². The summed E-state index contributed by atoms with van der Waals surface area (Å²) in [6.45, 7) is 6.40. The van der Waals surface area contributed by atoms with Crippen LogP contribution in [0.4, 0.5) is 0 Å². The molecule has 0 radical (unpaired) electrons. The van der Waals surface area contributed by atoms with E-state index in [1.807, 2.05) is 12.1 Å². The second kappa shape index (κ2) is 6.36. The summed E-state index contributed by atoms with van der Waals surface area (Å²) in [5.74, 6) is 1.52. The average molecular weight is 258 g/mol. The van der Waals surface area contributed by atoms with E-state index in [0.717, 1.165) is 24.3 Å². The van der Waals surface area contributed by atoms with Gasteiger partial charge in [0.2, 0.25) is 0 Å². The fraction of sp³-hybridized carbons (Fsp3) is 0.611. The number of Topliss-reactive ketones (excluding diaryl/α,β-unsaturated/α-hetero) is 1. The van der Waals surface area contributed by atoms with Gasteiger partial charge in [-0.1, -0.05) is 37.0 Å². The minimum atomic E-state index is 0.273. The van der Waals surface area contributed by atoms with E-state index in [1.54, 1.807) is 0 Å². The Hall–Kier alpha value is -1.11. The third-order valence-corrected chi connectivity index (χ3v) is 4.42. The highest BCUT2D eigenvalue weighted by molar-refractivity contribution is 5.98. The molecular formula is C18H26O. The predicted molar refractivity (Wildman–Crippen MR) is 80.6 cm³/mol. The number of rotatable bonds is 4. The highest BCUT2D eigenvalue weighted by Gasteiger charge is 2.26. The predicted octanol–water partition coefficient (Wildman–Crippen LogP) is 5.09. The van der Waals surface area contributed by atoms with Crippen molar-refractivity contribution in [3.05, 3.63) is 34.9 Å². The van der Waals surface area contributed by atoms with Gasteiger partial charge in [-0.3, -0.25) is 4.79 Å². The Labute approximate surface area is 117 Å². The highest BCUT2D eigenvalue weighted by atomic mass is 16.1. The third kappa shape index (κ3) is 3.68. The van der Waals surface area contributed by atoms with Gasteiger partial charge in [-0.2, -0.15) is 0 Å². The van der Waals surface area contributed by atoms with Gasteiger partial charge in [0.25, 0.3) is 0 Å². The van der Waals surface area contributed by atoms with Crippen LogP contribution in [-0.2, 0) is 0 Å². The van der Waals surface area contributed by atoms with E-state index in [9.17, 15) is 4.79 Å². The van der Waals surface area contributed by atoms with Crippen LogP contribution in [0.3, 0.4) is 0 Å². The van der Waals surface area contributed by atoms with Crippen LogP contribution < -0.4 is 0 Å². The van der Waals surface area contributed by atoms with Gasteiger partial charge in [0.05, 0.1) is 0 Å². The van der Waals surface area contributed by atoms with Gasteiger partial charge in [0.15, 0.2) is 5.78 Å². The lowest BCUT2D eigenvalue weighted by molar-refractivity contribution is 0.0869. The van der Waals surface area contributed by atoms with Crippen LogP contribution in [-0.4, -0.2) is 5.78 Å². The van der Waals surface area contributed by atoms with Crippen molar-refractivity contribution < 1.29 is 4.79 Å². The SMILES string of the molecule is CCCC1CCC(C(=O)c2cc(C)cc(C)c2)CC1. The van der Waals surface area contributed by atoms with Crippen LogP contribution in [0.1, 0.15) is 66.9 Å². The summed E-state index contributed by atoms with van der Waals surface area (Å²) in [6, 6.07) is 6.23. The fourth-order valence-electron chi connectivity index (χ4n) is 3.47. The largest absolute Gasteiger partial charge is 0.294 e. The second-order valence-electron chi connectivity index (χ2n) is 6.25. The molecule has 1 aliphatic rings. The molecular weight excluding hydrogens is 232 g/mol. The molecule has 0 aromatic heterocycles. The molecule has 1 fully saturated rings. The molecule has 1 nitrogen and oxygen atoms in total. The molecule has 1 aromatic rings. The Morgan fingerprint density at radius 1 is 1.05 bits per heavy atom. The lowest BCUT2D eigenvalue weighted by Crippen LogP contribution is -2.22. The normalized spacial score (nSPS) is 23.3. The van der Waals surface area contributed by atoms with Crippen molar-refractivity contribution in [2.75, 3.05) is 0 Å². The minimum absolute atomic E-state index is 0.273. The first-order valence-corrected chi connectivity index (χ1v) is 7.72. The Balaban J connectivity index is 2.01. The van der Waals surface area contributed by atoms with E-state index >= 15 is 0 Å². The molecule has 0 bridgehead atoms. The summed E-state index contributed by atoms with van der Waals surface area (Å²) in [6.07, 6.45) is 7.29. The van der Waals surface area contributed by atoms with Gasteiger partial charge >= 0.3 is 0 Å². The number of hydrogen-bond acceptors (Lipinski definition) is 1. The van der Waals surface area contributed by atoms with E-state index in [0.29, 0.717) is 5.78 Å². The zero-order valence-electron chi connectivity index (χ0n) is 12.5. The van der Waals surface area contributed by atoms with Crippen LogP contribution in [0.2, 0.25) is 0 Å². The molecule has 1 heteroatoms. The van der Waals surface area contributed by atoms with E-state index in [-0.39, 0.29) is 5.92 Å². The van der Waals surface area contributed by atoms with Gasteiger partial charge in [-0.25, -0.2) is 0 Å². The van der Waals surface area contributed by atoms with E-state index in [4.69, 9.17) is 0 Å². The van der Waals surface area contributed by atoms with Crippen LogP contribution >= 0.6 is 0 Å². The summed E-state index contributed by atoms with van der Waals surface area (Å²) in [4.78, 5) is 12.6. The first kappa shape index (κ1) is 14.3. The molecule has 0 heterocycles. The Morgan fingerprint density at radius 3 is 2.16 bits per heavy atom. The molecule has 104 valence electrons. The summed E-state index contributed by atoms with van der Waals surface area (Å²) in [5.41, 5.74) is 3.32. The molecule has 2 rings (SSSR count). The first-order chi connectivity index (χ1) is 9.10. The minimum Gasteiger partial charge on any atom is -0.294 e. The number of carbonyl (C=O) groups excluding carboxylic acids is 1. The summed E-state index contributed by atoms with van der Waals surface area (Å²) < 4.78 is 0. The maximum atomic E-state index is 12.6. The molecule has 0 atom stereocenters. The van der Waals surface area contributed by atoms with Gasteiger partial charge in [-0.05, 0) is 57.6 Å². The Morgan fingerprint density at radius 2 is 1.63 bits per heavy atom. The van der Waals surface area contributed by atoms with Crippen LogP contribution in [0, 0.1) is 25.7 Å². The van der Waals surface area contributed by atoms with Gasteiger partial charge in [0, 0.05) is 11.5 Å². The second-order valence-corrected chi connectivity index (χ2v) is 6.25. The zero-order chi connectivity index (χ0) is 13.8. The lowest BCUT2D eigenvalue weighted by Gasteiger charge is -2.27. The quantitative estimate of drug-likeness (QED) is 0.687. The van der Waals surface area contributed by atoms with E-state index in [2.05, 4.69) is 26.8 Å². The van der Waals surface area contributed by atoms with Gasteiger partial charge in [-0.15, -0.1) is 0 Å². The molecule has 1 aromatic carbocycles. The molecule has 0 unspecified atom stereocenters. The Kier molecular flexibility index (Phi) is 4.79. The molecule has 0 N–H and O–H groups in total. The lowest BCUT2D eigenvalue weighted by atomic mass is 9.77. The van der Waals surface area contributed by atoms with Crippen molar-refractivity contribution in [1.82, 2.24) is 0 Å². The zero-order valence-corrected chi connectivity index (χ0v) is 12.5. The van der Waals surface area contributed by atoms with E-state index < -0.39 is 0 Å². The van der Waals surface area contributed by atoms with Crippen LogP contribution in [0.25, 0.3) is 0 Å². The molecule has 0 spiro atoms. The average Bonchev–Trinajstić information content (AvgIpc) is 2.38. The van der Waals surface area contributed by atoms with Crippen molar-refractivity contribution in [2.24, 2.45) is 11.8 Å².